The zero-order valence-electron chi connectivity index (χ0n) is 11.2. The normalized spacial score (nSPS) is 10.1. The zero-order valence-corrected chi connectivity index (χ0v) is 11.2. The summed E-state index contributed by atoms with van der Waals surface area (Å²) in [5, 5.41) is 2.84. The molecule has 1 N–H and O–H groups in total. The molecule has 6 heteroatoms. The van der Waals surface area contributed by atoms with E-state index in [9.17, 15) is 0 Å². The van der Waals surface area contributed by atoms with Crippen LogP contribution in [0.1, 0.15) is 12.5 Å². The van der Waals surface area contributed by atoms with Gasteiger partial charge in [-0.3, -0.25) is 0 Å². The summed E-state index contributed by atoms with van der Waals surface area (Å²) < 4.78 is 10.9. The van der Waals surface area contributed by atoms with E-state index in [1.165, 1.54) is 0 Å². The number of aryl methyl sites for hydroxylation is 1. The quantitative estimate of drug-likeness (QED) is 0.890. The largest absolute Gasteiger partial charge is 0.464 e. The molecule has 1 aromatic carbocycles. The van der Waals surface area contributed by atoms with Gasteiger partial charge in [-0.05, 0) is 25.5 Å². The highest BCUT2D eigenvalue weighted by Crippen LogP contribution is 2.23. The van der Waals surface area contributed by atoms with Crippen molar-refractivity contribution < 1.29 is 9.47 Å². The van der Waals surface area contributed by atoms with Gasteiger partial charge in [-0.15, -0.1) is 4.98 Å². The first-order valence-corrected chi connectivity index (χ1v) is 6.03. The summed E-state index contributed by atoms with van der Waals surface area (Å²) in [6, 6.07) is 8.10. The van der Waals surface area contributed by atoms with Crippen LogP contribution < -0.4 is 14.8 Å². The second-order valence-corrected chi connectivity index (χ2v) is 3.77. The predicted octanol–water partition coefficient (Wildman–Crippen LogP) is 2.41. The van der Waals surface area contributed by atoms with E-state index in [0.717, 1.165) is 5.56 Å². The molecule has 0 unspecified atom stereocenters. The molecule has 19 heavy (non-hydrogen) atoms. The van der Waals surface area contributed by atoms with Gasteiger partial charge in [-0.25, -0.2) is 0 Å². The number of aromatic nitrogens is 3. The Morgan fingerprint density at radius 3 is 2.53 bits per heavy atom. The Balaban J connectivity index is 2.29. The second-order valence-electron chi connectivity index (χ2n) is 3.77. The molecule has 0 aliphatic rings. The predicted molar refractivity (Wildman–Crippen MR) is 71.8 cm³/mol. The van der Waals surface area contributed by atoms with Crippen LogP contribution in [-0.4, -0.2) is 28.6 Å². The van der Waals surface area contributed by atoms with Crippen molar-refractivity contribution in [3.05, 3.63) is 29.8 Å². The Kier molecular flexibility index (Phi) is 4.12. The van der Waals surface area contributed by atoms with Gasteiger partial charge in [0.25, 0.3) is 0 Å². The van der Waals surface area contributed by atoms with Crippen LogP contribution in [0.5, 0.6) is 17.8 Å². The molecule has 0 fully saturated rings. The SMILES string of the molecule is CCOc1nc(NC)nc(Oc2ccccc2C)n1. The van der Waals surface area contributed by atoms with Crippen molar-refractivity contribution in [1.29, 1.82) is 0 Å². The highest BCUT2D eigenvalue weighted by Gasteiger charge is 2.09. The Bertz CT molecular complexity index is 560. The molecule has 0 aliphatic carbocycles. The molecule has 0 bridgehead atoms. The van der Waals surface area contributed by atoms with Crippen molar-refractivity contribution in [3.63, 3.8) is 0 Å². The van der Waals surface area contributed by atoms with Crippen LogP contribution in [0.4, 0.5) is 5.95 Å². The van der Waals surface area contributed by atoms with E-state index >= 15 is 0 Å². The Labute approximate surface area is 111 Å². The first kappa shape index (κ1) is 13.1. The third-order valence-electron chi connectivity index (χ3n) is 2.39. The lowest BCUT2D eigenvalue weighted by molar-refractivity contribution is 0.303. The smallest absolute Gasteiger partial charge is 0.330 e. The molecule has 2 aromatic rings. The number of anilines is 1. The lowest BCUT2D eigenvalue weighted by atomic mass is 10.2. The number of rotatable bonds is 5. The second kappa shape index (κ2) is 5.99. The highest BCUT2D eigenvalue weighted by molar-refractivity contribution is 5.35. The van der Waals surface area contributed by atoms with Crippen molar-refractivity contribution in [2.24, 2.45) is 0 Å². The number of hydrogen-bond donors (Lipinski definition) is 1. The first-order chi connectivity index (χ1) is 9.22. The third-order valence-corrected chi connectivity index (χ3v) is 2.39. The molecule has 0 radical (unpaired) electrons. The van der Waals surface area contributed by atoms with E-state index in [1.807, 2.05) is 38.1 Å². The topological polar surface area (TPSA) is 69.2 Å². The maximum absolute atomic E-state index is 5.66. The number of para-hydroxylation sites is 1. The molecule has 1 heterocycles. The van der Waals surface area contributed by atoms with Crippen molar-refractivity contribution >= 4 is 5.95 Å². The molecule has 100 valence electrons. The average Bonchev–Trinajstić information content (AvgIpc) is 2.41. The van der Waals surface area contributed by atoms with E-state index in [1.54, 1.807) is 7.05 Å². The Hall–Kier alpha value is -2.37. The summed E-state index contributed by atoms with van der Waals surface area (Å²) in [7, 11) is 1.72. The van der Waals surface area contributed by atoms with Crippen LogP contribution in [0.25, 0.3) is 0 Å². The van der Waals surface area contributed by atoms with Gasteiger partial charge in [-0.2, -0.15) is 9.97 Å². The monoisotopic (exact) mass is 260 g/mol. The van der Waals surface area contributed by atoms with Crippen LogP contribution in [-0.2, 0) is 0 Å². The van der Waals surface area contributed by atoms with Gasteiger partial charge >= 0.3 is 12.0 Å². The van der Waals surface area contributed by atoms with Crippen molar-refractivity contribution in [2.75, 3.05) is 19.0 Å². The molecule has 6 nitrogen and oxygen atoms in total. The summed E-state index contributed by atoms with van der Waals surface area (Å²) in [6.45, 7) is 4.31. The van der Waals surface area contributed by atoms with Crippen LogP contribution >= 0.6 is 0 Å². The Morgan fingerprint density at radius 2 is 1.84 bits per heavy atom. The molecule has 2 rings (SSSR count). The molecule has 0 aliphatic heterocycles. The van der Waals surface area contributed by atoms with Gasteiger partial charge in [0.1, 0.15) is 5.75 Å². The van der Waals surface area contributed by atoms with Gasteiger partial charge in [0.15, 0.2) is 0 Å². The maximum Gasteiger partial charge on any atom is 0.330 e. The van der Waals surface area contributed by atoms with Crippen LogP contribution in [0, 0.1) is 6.92 Å². The maximum atomic E-state index is 5.66. The van der Waals surface area contributed by atoms with Crippen molar-refractivity contribution in [3.8, 4) is 17.8 Å². The molecule has 0 saturated carbocycles. The number of hydrogen-bond acceptors (Lipinski definition) is 6. The van der Waals surface area contributed by atoms with Gasteiger partial charge in [0.05, 0.1) is 6.61 Å². The molecular formula is C13H16N4O2. The molecule has 1 aromatic heterocycles. The summed E-state index contributed by atoms with van der Waals surface area (Å²) in [5.41, 5.74) is 1.01. The van der Waals surface area contributed by atoms with Crippen LogP contribution in [0.15, 0.2) is 24.3 Å². The summed E-state index contributed by atoms with van der Waals surface area (Å²) in [4.78, 5) is 12.3. The lowest BCUT2D eigenvalue weighted by Gasteiger charge is -2.09. The zero-order chi connectivity index (χ0) is 13.7. The number of ether oxygens (including phenoxy) is 2. The van der Waals surface area contributed by atoms with Gasteiger partial charge in [-0.1, -0.05) is 18.2 Å². The minimum atomic E-state index is 0.206. The van der Waals surface area contributed by atoms with E-state index in [4.69, 9.17) is 9.47 Å². The average molecular weight is 260 g/mol. The number of nitrogens with one attached hydrogen (secondary N) is 1. The minimum Gasteiger partial charge on any atom is -0.464 e. The fourth-order valence-corrected chi connectivity index (χ4v) is 1.46. The highest BCUT2D eigenvalue weighted by atomic mass is 16.5. The van der Waals surface area contributed by atoms with Gasteiger partial charge < -0.3 is 14.8 Å². The van der Waals surface area contributed by atoms with E-state index in [2.05, 4.69) is 20.3 Å². The molecular weight excluding hydrogens is 244 g/mol. The van der Waals surface area contributed by atoms with Crippen molar-refractivity contribution in [2.45, 2.75) is 13.8 Å². The summed E-state index contributed by atoms with van der Waals surface area (Å²) >= 11 is 0. The summed E-state index contributed by atoms with van der Waals surface area (Å²) in [5.74, 6) is 1.11. The fraction of sp³-hybridized carbons (Fsp3) is 0.308. The number of nitrogens with zero attached hydrogens (tertiary/aromatic N) is 3. The summed E-state index contributed by atoms with van der Waals surface area (Å²) in [6.07, 6.45) is 0. The fourth-order valence-electron chi connectivity index (χ4n) is 1.46. The first-order valence-electron chi connectivity index (χ1n) is 6.03. The van der Waals surface area contributed by atoms with Gasteiger partial charge in [0, 0.05) is 7.05 Å². The Morgan fingerprint density at radius 1 is 1.11 bits per heavy atom. The molecule has 0 saturated heterocycles. The minimum absolute atomic E-state index is 0.206. The number of benzene rings is 1. The lowest BCUT2D eigenvalue weighted by Crippen LogP contribution is -2.05. The third kappa shape index (κ3) is 3.31. The molecule has 0 spiro atoms. The van der Waals surface area contributed by atoms with E-state index in [-0.39, 0.29) is 12.0 Å². The molecule has 0 atom stereocenters. The standard InChI is InChI=1S/C13H16N4O2/c1-4-18-12-15-11(14-3)16-13(17-12)19-10-8-6-5-7-9(10)2/h5-8H,4H2,1-3H3,(H,14,15,16,17). The van der Waals surface area contributed by atoms with E-state index in [0.29, 0.717) is 18.3 Å². The van der Waals surface area contributed by atoms with Crippen molar-refractivity contribution in [1.82, 2.24) is 15.0 Å². The van der Waals surface area contributed by atoms with Crippen LogP contribution in [0.3, 0.4) is 0 Å². The van der Waals surface area contributed by atoms with Crippen LogP contribution in [0.2, 0.25) is 0 Å². The van der Waals surface area contributed by atoms with Gasteiger partial charge in [0.2, 0.25) is 5.95 Å². The van der Waals surface area contributed by atoms with E-state index < -0.39 is 0 Å². The molecule has 0 amide bonds.